The van der Waals surface area contributed by atoms with Crippen LogP contribution in [0, 0.1) is 0 Å². The third-order valence-electron chi connectivity index (χ3n) is 0.946. The molecule has 13 heavy (non-hydrogen) atoms. The molecule has 0 saturated carbocycles. The Bertz CT molecular complexity index is 187. The van der Waals surface area contributed by atoms with Crippen molar-refractivity contribution >= 4 is 32.3 Å². The van der Waals surface area contributed by atoms with Crippen molar-refractivity contribution in [2.75, 3.05) is 0 Å². The SMILES string of the molecule is FC(F)(F)C(F)(F)C(F)(F)N(Br)Br. The van der Waals surface area contributed by atoms with Crippen LogP contribution in [0.5, 0.6) is 0 Å². The van der Waals surface area contributed by atoms with E-state index in [1.54, 1.807) is 32.3 Å². The van der Waals surface area contributed by atoms with Gasteiger partial charge in [-0.15, -0.1) is 2.95 Å². The van der Waals surface area contributed by atoms with Crippen molar-refractivity contribution in [2.24, 2.45) is 0 Å². The lowest BCUT2D eigenvalue weighted by Crippen LogP contribution is -2.55. The second-order valence-corrected chi connectivity index (χ2v) is 4.22. The van der Waals surface area contributed by atoms with Crippen LogP contribution in [0.15, 0.2) is 0 Å². The van der Waals surface area contributed by atoms with Crippen molar-refractivity contribution in [1.29, 1.82) is 0 Å². The van der Waals surface area contributed by atoms with Crippen LogP contribution in [0.2, 0.25) is 0 Å². The highest BCUT2D eigenvalue weighted by atomic mass is 79.9. The molecule has 0 fully saturated rings. The zero-order valence-electron chi connectivity index (χ0n) is 5.35. The molecule has 0 aliphatic heterocycles. The summed E-state index contributed by atoms with van der Waals surface area (Å²) in [7, 11) is 0. The summed E-state index contributed by atoms with van der Waals surface area (Å²) >= 11 is 3.49. The molecule has 0 bridgehead atoms. The number of rotatable bonds is 2. The molecule has 0 aromatic rings. The van der Waals surface area contributed by atoms with Crippen molar-refractivity contribution < 1.29 is 30.7 Å². The molecule has 0 saturated heterocycles. The van der Waals surface area contributed by atoms with Crippen LogP contribution in [0.25, 0.3) is 0 Å². The first-order valence-electron chi connectivity index (χ1n) is 2.38. The molecule has 0 aliphatic rings. The Morgan fingerprint density at radius 1 is 0.769 bits per heavy atom. The molecule has 0 radical (unpaired) electrons. The fourth-order valence-electron chi connectivity index (χ4n) is 0.277. The Kier molecular flexibility index (Phi) is 3.65. The number of hydrogen-bond acceptors (Lipinski definition) is 1. The van der Waals surface area contributed by atoms with Crippen molar-refractivity contribution in [3.05, 3.63) is 0 Å². The van der Waals surface area contributed by atoms with Gasteiger partial charge in [0, 0.05) is 32.3 Å². The average molecular weight is 343 g/mol. The van der Waals surface area contributed by atoms with Gasteiger partial charge in [0.1, 0.15) is 0 Å². The molecule has 0 aliphatic carbocycles. The molecule has 0 aromatic carbocycles. The quantitative estimate of drug-likeness (QED) is 0.420. The Morgan fingerprint density at radius 3 is 1.15 bits per heavy atom. The van der Waals surface area contributed by atoms with Gasteiger partial charge >= 0.3 is 18.1 Å². The summed E-state index contributed by atoms with van der Waals surface area (Å²) in [5.41, 5.74) is 0. The monoisotopic (exact) mass is 341 g/mol. The fraction of sp³-hybridized carbons (Fsp3) is 1.00. The lowest BCUT2D eigenvalue weighted by atomic mass is 10.3. The first-order valence-corrected chi connectivity index (χ1v) is 3.80. The molecule has 0 aromatic heterocycles. The highest BCUT2D eigenvalue weighted by Gasteiger charge is 2.75. The van der Waals surface area contributed by atoms with Gasteiger partial charge in [0.05, 0.1) is 0 Å². The topological polar surface area (TPSA) is 3.24 Å². The van der Waals surface area contributed by atoms with E-state index in [4.69, 9.17) is 0 Å². The van der Waals surface area contributed by atoms with Crippen LogP contribution in [0.1, 0.15) is 0 Å². The summed E-state index contributed by atoms with van der Waals surface area (Å²) < 4.78 is 81.6. The van der Waals surface area contributed by atoms with Crippen molar-refractivity contribution in [2.45, 2.75) is 18.1 Å². The van der Waals surface area contributed by atoms with Gasteiger partial charge in [-0.3, -0.25) is 0 Å². The minimum Gasteiger partial charge on any atom is -0.187 e. The van der Waals surface area contributed by atoms with Crippen molar-refractivity contribution in [3.8, 4) is 0 Å². The summed E-state index contributed by atoms with van der Waals surface area (Å²) in [4.78, 5) is 0. The van der Waals surface area contributed by atoms with Crippen LogP contribution in [-0.2, 0) is 0 Å². The molecule has 0 heterocycles. The van der Waals surface area contributed by atoms with E-state index in [9.17, 15) is 30.7 Å². The van der Waals surface area contributed by atoms with E-state index in [0.29, 0.717) is 0 Å². The molecular formula is C3Br2F7N. The number of alkyl halides is 7. The van der Waals surface area contributed by atoms with Gasteiger partial charge in [0.25, 0.3) is 0 Å². The molecule has 0 spiro atoms. The third kappa shape index (κ3) is 2.27. The molecule has 80 valence electrons. The predicted molar refractivity (Wildman–Crippen MR) is 35.6 cm³/mol. The van der Waals surface area contributed by atoms with E-state index in [1.807, 2.05) is 0 Å². The molecule has 10 heteroatoms. The van der Waals surface area contributed by atoms with E-state index < -0.39 is 21.1 Å². The second-order valence-electron chi connectivity index (χ2n) is 1.85. The summed E-state index contributed by atoms with van der Waals surface area (Å²) in [5.74, 6) is -6.15. The number of hydrogen-bond donors (Lipinski definition) is 0. The first-order chi connectivity index (χ1) is 5.44. The van der Waals surface area contributed by atoms with E-state index in [-0.39, 0.29) is 0 Å². The fourth-order valence-corrected chi connectivity index (χ4v) is 0.722. The second kappa shape index (κ2) is 3.54. The lowest BCUT2D eigenvalue weighted by molar-refractivity contribution is -0.366. The maximum Gasteiger partial charge on any atom is 0.461 e. The zero-order valence-corrected chi connectivity index (χ0v) is 8.52. The van der Waals surface area contributed by atoms with Gasteiger partial charge in [-0.05, 0) is 0 Å². The van der Waals surface area contributed by atoms with E-state index in [0.717, 1.165) is 0 Å². The molecular weight excluding hydrogens is 343 g/mol. The molecule has 0 N–H and O–H groups in total. The maximum atomic E-state index is 12.2. The number of nitrogens with zero attached hydrogens (tertiary/aromatic N) is 1. The Labute approximate surface area is 84.5 Å². The van der Waals surface area contributed by atoms with Crippen LogP contribution in [-0.4, -0.2) is 21.1 Å². The molecule has 0 rings (SSSR count). The maximum absolute atomic E-state index is 12.2. The standard InChI is InChI=1S/C3Br2F7N/c4-13(5)3(11,12)1(6,7)2(8,9)10. The van der Waals surface area contributed by atoms with Gasteiger partial charge in [0.2, 0.25) is 0 Å². The molecule has 0 atom stereocenters. The molecule has 0 amide bonds. The first kappa shape index (κ1) is 13.4. The lowest BCUT2D eigenvalue weighted by Gasteiger charge is -2.29. The average Bonchev–Trinajstić information content (AvgIpc) is 1.84. The zero-order chi connectivity index (χ0) is 11.1. The van der Waals surface area contributed by atoms with E-state index in [2.05, 4.69) is 0 Å². The van der Waals surface area contributed by atoms with Crippen LogP contribution >= 0.6 is 32.3 Å². The molecule has 0 unspecified atom stereocenters. The van der Waals surface area contributed by atoms with Crippen LogP contribution in [0.3, 0.4) is 0 Å². The van der Waals surface area contributed by atoms with Gasteiger partial charge < -0.3 is 0 Å². The van der Waals surface area contributed by atoms with Crippen molar-refractivity contribution in [3.63, 3.8) is 0 Å². The highest BCUT2D eigenvalue weighted by molar-refractivity contribution is 9.21. The van der Waals surface area contributed by atoms with Crippen LogP contribution in [0.4, 0.5) is 30.7 Å². The highest BCUT2D eigenvalue weighted by Crippen LogP contribution is 2.49. The Morgan fingerprint density at radius 2 is 1.08 bits per heavy atom. The van der Waals surface area contributed by atoms with Gasteiger partial charge in [-0.2, -0.15) is 30.7 Å². The Balaban J connectivity index is 5.04. The predicted octanol–water partition coefficient (Wildman–Crippen LogP) is 3.70. The number of halogens is 9. The summed E-state index contributed by atoms with van der Waals surface area (Å²) in [6.07, 6.45) is -6.32. The molecule has 1 nitrogen and oxygen atoms in total. The third-order valence-corrected chi connectivity index (χ3v) is 1.84. The van der Waals surface area contributed by atoms with Gasteiger partial charge in [-0.25, -0.2) is 0 Å². The largest absolute Gasteiger partial charge is 0.461 e. The smallest absolute Gasteiger partial charge is 0.187 e. The van der Waals surface area contributed by atoms with Crippen molar-refractivity contribution in [1.82, 2.24) is 2.95 Å². The summed E-state index contributed by atoms with van der Waals surface area (Å²) in [6, 6.07) is -5.41. The minimum absolute atomic E-state index is 0.861. The Hall–Kier alpha value is 0.430. The summed E-state index contributed by atoms with van der Waals surface area (Å²) in [6.45, 7) is 0. The summed E-state index contributed by atoms with van der Waals surface area (Å²) in [5, 5.41) is 0. The van der Waals surface area contributed by atoms with E-state index in [1.165, 1.54) is 0 Å². The van der Waals surface area contributed by atoms with Gasteiger partial charge in [0.15, 0.2) is 0 Å². The van der Waals surface area contributed by atoms with Crippen LogP contribution < -0.4 is 0 Å². The minimum atomic E-state index is -6.32. The van der Waals surface area contributed by atoms with Gasteiger partial charge in [-0.1, -0.05) is 0 Å². The van der Waals surface area contributed by atoms with E-state index >= 15 is 0 Å². The normalized spacial score (nSPS) is 15.2.